The summed E-state index contributed by atoms with van der Waals surface area (Å²) in [6, 6.07) is 12.4. The number of carbonyl (C=O) groups is 1. The molecule has 0 spiro atoms. The molecule has 1 amide bonds. The Morgan fingerprint density at radius 2 is 2.07 bits per heavy atom. The van der Waals surface area contributed by atoms with Crippen molar-refractivity contribution < 1.29 is 9.53 Å². The fourth-order valence-electron chi connectivity index (χ4n) is 2.35. The SMILES string of the molecule is O=C(Nc1ccc(-n2cccn2)nc1)c1csc(COc2ccc(Cl)cc2)n1. The highest BCUT2D eigenvalue weighted by Gasteiger charge is 2.12. The Labute approximate surface area is 169 Å². The normalized spacial score (nSPS) is 10.6. The molecule has 140 valence electrons. The van der Waals surface area contributed by atoms with Gasteiger partial charge < -0.3 is 10.1 Å². The van der Waals surface area contributed by atoms with E-state index in [-0.39, 0.29) is 12.5 Å². The number of amides is 1. The summed E-state index contributed by atoms with van der Waals surface area (Å²) in [5.74, 6) is 1.05. The van der Waals surface area contributed by atoms with E-state index < -0.39 is 0 Å². The van der Waals surface area contributed by atoms with E-state index in [1.165, 1.54) is 11.3 Å². The quantitative estimate of drug-likeness (QED) is 0.514. The number of hydrogen-bond donors (Lipinski definition) is 1. The van der Waals surface area contributed by atoms with Crippen molar-refractivity contribution in [1.29, 1.82) is 0 Å². The van der Waals surface area contributed by atoms with Gasteiger partial charge in [-0.15, -0.1) is 11.3 Å². The Kier molecular flexibility index (Phi) is 5.31. The Morgan fingerprint density at radius 1 is 1.21 bits per heavy atom. The number of anilines is 1. The van der Waals surface area contributed by atoms with Crippen molar-refractivity contribution in [2.45, 2.75) is 6.61 Å². The second-order valence-electron chi connectivity index (χ2n) is 5.68. The molecule has 0 aliphatic carbocycles. The summed E-state index contributed by atoms with van der Waals surface area (Å²) in [5, 5.41) is 9.94. The number of aromatic nitrogens is 4. The van der Waals surface area contributed by atoms with Gasteiger partial charge in [-0.25, -0.2) is 14.6 Å². The molecule has 0 saturated heterocycles. The zero-order valence-electron chi connectivity index (χ0n) is 14.4. The number of thiazole rings is 1. The van der Waals surface area contributed by atoms with Crippen LogP contribution in [0.2, 0.25) is 5.02 Å². The van der Waals surface area contributed by atoms with E-state index >= 15 is 0 Å². The average Bonchev–Trinajstić information content (AvgIpc) is 3.40. The van der Waals surface area contributed by atoms with Gasteiger partial charge in [0.25, 0.3) is 5.91 Å². The van der Waals surface area contributed by atoms with Gasteiger partial charge in [-0.05, 0) is 42.5 Å². The first-order valence-electron chi connectivity index (χ1n) is 8.27. The predicted octanol–water partition coefficient (Wildman–Crippen LogP) is 4.21. The van der Waals surface area contributed by atoms with Crippen LogP contribution < -0.4 is 10.1 Å². The summed E-state index contributed by atoms with van der Waals surface area (Å²) in [4.78, 5) is 21.0. The van der Waals surface area contributed by atoms with E-state index in [2.05, 4.69) is 20.4 Å². The Hall–Kier alpha value is -3.23. The number of pyridine rings is 1. The summed E-state index contributed by atoms with van der Waals surface area (Å²) in [5.41, 5.74) is 0.906. The molecule has 3 heterocycles. The second-order valence-corrected chi connectivity index (χ2v) is 7.06. The lowest BCUT2D eigenvalue weighted by Crippen LogP contribution is -2.13. The van der Waals surface area contributed by atoms with Crippen molar-refractivity contribution in [3.63, 3.8) is 0 Å². The van der Waals surface area contributed by atoms with Gasteiger partial charge in [0.1, 0.15) is 23.1 Å². The zero-order valence-corrected chi connectivity index (χ0v) is 16.0. The lowest BCUT2D eigenvalue weighted by Gasteiger charge is -2.05. The molecule has 28 heavy (non-hydrogen) atoms. The smallest absolute Gasteiger partial charge is 0.275 e. The number of benzene rings is 1. The summed E-state index contributed by atoms with van der Waals surface area (Å²) in [7, 11) is 0. The molecule has 4 rings (SSSR count). The number of hydrogen-bond acceptors (Lipinski definition) is 6. The predicted molar refractivity (Wildman–Crippen MR) is 107 cm³/mol. The van der Waals surface area contributed by atoms with Crippen LogP contribution in [0.3, 0.4) is 0 Å². The van der Waals surface area contributed by atoms with Crippen molar-refractivity contribution in [3.05, 3.63) is 82.2 Å². The van der Waals surface area contributed by atoms with Crippen LogP contribution in [-0.2, 0) is 6.61 Å². The highest BCUT2D eigenvalue weighted by Crippen LogP contribution is 2.19. The van der Waals surface area contributed by atoms with Gasteiger partial charge in [-0.1, -0.05) is 11.6 Å². The van der Waals surface area contributed by atoms with Crippen LogP contribution in [0, 0.1) is 0 Å². The third-order valence-electron chi connectivity index (χ3n) is 3.71. The summed E-state index contributed by atoms with van der Waals surface area (Å²) >= 11 is 7.21. The second kappa shape index (κ2) is 8.20. The van der Waals surface area contributed by atoms with Crippen LogP contribution in [-0.4, -0.2) is 25.7 Å². The maximum Gasteiger partial charge on any atom is 0.275 e. The van der Waals surface area contributed by atoms with E-state index in [4.69, 9.17) is 16.3 Å². The first kappa shape index (κ1) is 18.1. The van der Waals surface area contributed by atoms with Crippen molar-refractivity contribution in [2.24, 2.45) is 0 Å². The molecule has 9 heteroatoms. The van der Waals surface area contributed by atoms with Gasteiger partial charge in [0.15, 0.2) is 5.82 Å². The molecular formula is C19H14ClN5O2S. The molecule has 7 nitrogen and oxygen atoms in total. The van der Waals surface area contributed by atoms with E-state index in [0.29, 0.717) is 33.0 Å². The van der Waals surface area contributed by atoms with Gasteiger partial charge >= 0.3 is 0 Å². The lowest BCUT2D eigenvalue weighted by molar-refractivity contribution is 0.102. The zero-order chi connectivity index (χ0) is 19.3. The number of halogens is 1. The lowest BCUT2D eigenvalue weighted by atomic mass is 10.3. The van der Waals surface area contributed by atoms with Crippen LogP contribution in [0.25, 0.3) is 5.82 Å². The molecule has 0 fully saturated rings. The van der Waals surface area contributed by atoms with E-state index in [9.17, 15) is 4.79 Å². The summed E-state index contributed by atoms with van der Waals surface area (Å²) in [6.07, 6.45) is 5.04. The number of nitrogens with zero attached hydrogens (tertiary/aromatic N) is 4. The minimum absolute atomic E-state index is 0.277. The third kappa shape index (κ3) is 4.36. The Bertz CT molecular complexity index is 1060. The molecule has 0 saturated carbocycles. The van der Waals surface area contributed by atoms with E-state index in [1.54, 1.807) is 65.1 Å². The summed E-state index contributed by atoms with van der Waals surface area (Å²) < 4.78 is 7.28. The molecule has 0 aliphatic rings. The van der Waals surface area contributed by atoms with Gasteiger partial charge in [0, 0.05) is 22.8 Å². The average molecular weight is 412 g/mol. The fourth-order valence-corrected chi connectivity index (χ4v) is 3.16. The summed E-state index contributed by atoms with van der Waals surface area (Å²) in [6.45, 7) is 0.277. The van der Waals surface area contributed by atoms with Crippen molar-refractivity contribution in [1.82, 2.24) is 19.7 Å². The van der Waals surface area contributed by atoms with Crippen LogP contribution in [0.4, 0.5) is 5.69 Å². The molecule has 4 aromatic rings. The third-order valence-corrected chi connectivity index (χ3v) is 4.78. The van der Waals surface area contributed by atoms with Crippen LogP contribution in [0.5, 0.6) is 5.75 Å². The van der Waals surface area contributed by atoms with Gasteiger partial charge in [-0.2, -0.15) is 5.10 Å². The molecule has 3 aromatic heterocycles. The van der Waals surface area contributed by atoms with Crippen LogP contribution in [0.15, 0.2) is 66.4 Å². The van der Waals surface area contributed by atoms with Gasteiger partial charge in [0.05, 0.1) is 11.9 Å². The number of ether oxygens (including phenoxy) is 1. The number of carbonyl (C=O) groups excluding carboxylic acids is 1. The van der Waals surface area contributed by atoms with Gasteiger partial charge in [0.2, 0.25) is 0 Å². The van der Waals surface area contributed by atoms with Crippen molar-refractivity contribution in [3.8, 4) is 11.6 Å². The van der Waals surface area contributed by atoms with E-state index in [0.717, 1.165) is 0 Å². The van der Waals surface area contributed by atoms with E-state index in [1.807, 2.05) is 6.07 Å². The first-order chi connectivity index (χ1) is 13.7. The molecule has 0 aliphatic heterocycles. The molecule has 0 radical (unpaired) electrons. The molecule has 0 bridgehead atoms. The maximum absolute atomic E-state index is 12.4. The van der Waals surface area contributed by atoms with Crippen molar-refractivity contribution in [2.75, 3.05) is 5.32 Å². The van der Waals surface area contributed by atoms with Crippen molar-refractivity contribution >= 4 is 34.5 Å². The highest BCUT2D eigenvalue weighted by atomic mass is 35.5. The molecular weight excluding hydrogens is 398 g/mol. The number of rotatable bonds is 6. The van der Waals surface area contributed by atoms with Crippen LogP contribution in [0.1, 0.15) is 15.5 Å². The molecule has 1 aromatic carbocycles. The standard InChI is InChI=1S/C19H14ClN5O2S/c20-13-2-5-15(6-3-13)27-11-18-24-16(12-28-18)19(26)23-14-4-7-17(21-10-14)25-9-1-8-22-25/h1-10,12H,11H2,(H,23,26). The van der Waals surface area contributed by atoms with Crippen LogP contribution >= 0.6 is 22.9 Å². The Morgan fingerprint density at radius 3 is 2.79 bits per heavy atom. The topological polar surface area (TPSA) is 81.9 Å². The monoisotopic (exact) mass is 411 g/mol. The minimum Gasteiger partial charge on any atom is -0.486 e. The first-order valence-corrected chi connectivity index (χ1v) is 9.53. The Balaban J connectivity index is 1.35. The molecule has 0 atom stereocenters. The molecule has 0 unspecified atom stereocenters. The maximum atomic E-state index is 12.4. The molecule has 1 N–H and O–H groups in total. The minimum atomic E-state index is -0.303. The fraction of sp³-hybridized carbons (Fsp3) is 0.0526. The highest BCUT2D eigenvalue weighted by molar-refractivity contribution is 7.09. The number of nitrogens with one attached hydrogen (secondary N) is 1. The van der Waals surface area contributed by atoms with Gasteiger partial charge in [-0.3, -0.25) is 4.79 Å². The largest absolute Gasteiger partial charge is 0.486 e.